The van der Waals surface area contributed by atoms with Crippen LogP contribution in [-0.4, -0.2) is 50.2 Å². The van der Waals surface area contributed by atoms with Crippen LogP contribution >= 0.6 is 7.60 Å². The number of rotatable bonds is 10. The Hall–Kier alpha value is -1.44. The Morgan fingerprint density at radius 1 is 1.14 bits per heavy atom. The highest BCUT2D eigenvalue weighted by Crippen LogP contribution is 2.44. The summed E-state index contributed by atoms with van der Waals surface area (Å²) >= 11 is 0. The minimum Gasteiger partial charge on any atom is -0.481 e. The molecule has 21 heavy (non-hydrogen) atoms. The summed E-state index contributed by atoms with van der Waals surface area (Å²) in [6, 6.07) is 0. The summed E-state index contributed by atoms with van der Waals surface area (Å²) in [5.74, 6) is -5.70. The van der Waals surface area contributed by atoms with Gasteiger partial charge in [0.1, 0.15) is 0 Å². The summed E-state index contributed by atoms with van der Waals surface area (Å²) in [6.07, 6.45) is -0.112. The van der Waals surface area contributed by atoms with Gasteiger partial charge in [-0.15, -0.1) is 0 Å². The van der Waals surface area contributed by atoms with Crippen LogP contribution in [0.4, 0.5) is 0 Å². The van der Waals surface area contributed by atoms with Gasteiger partial charge in [-0.1, -0.05) is 13.3 Å². The van der Waals surface area contributed by atoms with Gasteiger partial charge in [-0.2, -0.15) is 0 Å². The van der Waals surface area contributed by atoms with Gasteiger partial charge in [-0.25, -0.2) is 0 Å². The van der Waals surface area contributed by atoms with E-state index in [1.165, 1.54) is 0 Å². The molecule has 0 aromatic heterocycles. The zero-order valence-corrected chi connectivity index (χ0v) is 12.4. The van der Waals surface area contributed by atoms with Crippen molar-refractivity contribution in [1.29, 1.82) is 0 Å². The number of hydrogen-bond donors (Lipinski definition) is 4. The van der Waals surface area contributed by atoms with E-state index in [1.807, 2.05) is 6.92 Å². The number of aliphatic carboxylic acids is 2. The number of ether oxygens (including phenoxy) is 1. The molecule has 2 unspecified atom stereocenters. The van der Waals surface area contributed by atoms with Crippen molar-refractivity contribution in [3.8, 4) is 0 Å². The molecule has 2 atom stereocenters. The first-order valence-corrected chi connectivity index (χ1v) is 7.94. The fourth-order valence-corrected chi connectivity index (χ4v) is 2.33. The van der Waals surface area contributed by atoms with Crippen LogP contribution in [0.5, 0.6) is 0 Å². The van der Waals surface area contributed by atoms with Crippen molar-refractivity contribution in [2.24, 2.45) is 5.92 Å². The number of carboxylic acids is 2. The molecule has 4 N–H and O–H groups in total. The van der Waals surface area contributed by atoms with Crippen molar-refractivity contribution in [1.82, 2.24) is 0 Å². The fraction of sp³-hybridized carbons (Fsp3) is 0.727. The standard InChI is InChI=1S/C11H19O9P/c1-2-3-4-20-9(12)6-7(10(13)14)5-8(11(15)16)21(17,18)19/h7-8H,2-6H2,1H3,(H,13,14)(H,15,16)(H2,17,18,19). The minimum atomic E-state index is -5.01. The molecule has 0 aliphatic rings. The number of carbonyl (C=O) groups excluding carboxylic acids is 1. The van der Waals surface area contributed by atoms with Gasteiger partial charge in [0, 0.05) is 0 Å². The van der Waals surface area contributed by atoms with Gasteiger partial charge in [-0.05, 0) is 12.8 Å². The summed E-state index contributed by atoms with van der Waals surface area (Å²) in [6.45, 7) is 1.98. The number of hydrogen-bond acceptors (Lipinski definition) is 5. The molecule has 122 valence electrons. The first-order chi connectivity index (χ1) is 9.59. The molecule has 0 rings (SSSR count). The Balaban J connectivity index is 4.76. The highest BCUT2D eigenvalue weighted by Gasteiger charge is 2.40. The van der Waals surface area contributed by atoms with E-state index in [-0.39, 0.29) is 6.61 Å². The largest absolute Gasteiger partial charge is 0.481 e. The van der Waals surface area contributed by atoms with Crippen LogP contribution in [0, 0.1) is 5.92 Å². The second kappa shape index (κ2) is 8.76. The summed E-state index contributed by atoms with van der Waals surface area (Å²) in [5, 5.41) is 17.7. The van der Waals surface area contributed by atoms with E-state index in [2.05, 4.69) is 0 Å². The van der Waals surface area contributed by atoms with E-state index in [0.717, 1.165) is 6.42 Å². The minimum absolute atomic E-state index is 0.114. The zero-order chi connectivity index (χ0) is 16.6. The van der Waals surface area contributed by atoms with Crippen molar-refractivity contribution in [2.45, 2.75) is 38.3 Å². The van der Waals surface area contributed by atoms with Crippen molar-refractivity contribution in [3.05, 3.63) is 0 Å². The lowest BCUT2D eigenvalue weighted by molar-refractivity contribution is -0.152. The van der Waals surface area contributed by atoms with E-state index in [0.29, 0.717) is 6.42 Å². The van der Waals surface area contributed by atoms with E-state index in [4.69, 9.17) is 24.7 Å². The topological polar surface area (TPSA) is 158 Å². The second-order valence-corrected chi connectivity index (χ2v) is 6.29. The van der Waals surface area contributed by atoms with Crippen LogP contribution in [0.15, 0.2) is 0 Å². The average Bonchev–Trinajstić information content (AvgIpc) is 2.32. The highest BCUT2D eigenvalue weighted by atomic mass is 31.2. The summed E-state index contributed by atoms with van der Waals surface area (Å²) in [7, 11) is -5.01. The molecule has 0 heterocycles. The molecule has 0 radical (unpaired) electrons. The normalized spacial score (nSPS) is 14.2. The summed E-state index contributed by atoms with van der Waals surface area (Å²) in [5.41, 5.74) is -2.16. The first kappa shape index (κ1) is 19.6. The van der Waals surface area contributed by atoms with Gasteiger partial charge in [0.05, 0.1) is 18.9 Å². The van der Waals surface area contributed by atoms with Crippen LogP contribution in [0.1, 0.15) is 32.6 Å². The molecular weight excluding hydrogens is 307 g/mol. The van der Waals surface area contributed by atoms with E-state index in [9.17, 15) is 18.9 Å². The first-order valence-electron chi connectivity index (χ1n) is 6.26. The van der Waals surface area contributed by atoms with Crippen LogP contribution in [0.3, 0.4) is 0 Å². The molecule has 0 bridgehead atoms. The highest BCUT2D eigenvalue weighted by molar-refractivity contribution is 7.53. The number of unbranched alkanes of at least 4 members (excludes halogenated alkanes) is 1. The number of carboxylic acid groups (broad SMARTS) is 2. The Labute approximate surface area is 121 Å². The zero-order valence-electron chi connectivity index (χ0n) is 11.5. The Bertz CT molecular complexity index is 427. The lowest BCUT2D eigenvalue weighted by atomic mass is 9.99. The molecule has 0 fully saturated rings. The smallest absolute Gasteiger partial charge is 0.339 e. The molecule has 0 saturated carbocycles. The van der Waals surface area contributed by atoms with Crippen molar-refractivity contribution >= 4 is 25.5 Å². The summed E-state index contributed by atoms with van der Waals surface area (Å²) < 4.78 is 15.8. The SMILES string of the molecule is CCCCOC(=O)CC(CC(C(=O)O)P(=O)(O)O)C(=O)O. The molecule has 9 nitrogen and oxygen atoms in total. The Morgan fingerprint density at radius 2 is 1.71 bits per heavy atom. The van der Waals surface area contributed by atoms with E-state index < -0.39 is 49.9 Å². The third-order valence-electron chi connectivity index (χ3n) is 2.72. The average molecular weight is 326 g/mol. The summed E-state index contributed by atoms with van der Waals surface area (Å²) in [4.78, 5) is 51.0. The monoisotopic (exact) mass is 326 g/mol. The van der Waals surface area contributed by atoms with Gasteiger partial charge in [0.25, 0.3) is 0 Å². The van der Waals surface area contributed by atoms with Gasteiger partial charge in [0.2, 0.25) is 0 Å². The van der Waals surface area contributed by atoms with Crippen LogP contribution in [0.25, 0.3) is 0 Å². The quantitative estimate of drug-likeness (QED) is 0.254. The maximum atomic E-state index is 11.4. The van der Waals surface area contributed by atoms with Gasteiger partial charge < -0.3 is 24.7 Å². The predicted octanol–water partition coefficient (Wildman–Crippen LogP) is 0.442. The molecule has 0 aliphatic heterocycles. The maximum absolute atomic E-state index is 11.4. The maximum Gasteiger partial charge on any atom is 0.339 e. The Kier molecular flexibility index (Phi) is 8.16. The van der Waals surface area contributed by atoms with Crippen molar-refractivity contribution < 1.29 is 43.7 Å². The van der Waals surface area contributed by atoms with Crippen molar-refractivity contribution in [2.75, 3.05) is 6.61 Å². The molecule has 0 saturated heterocycles. The van der Waals surface area contributed by atoms with Crippen LogP contribution in [-0.2, 0) is 23.7 Å². The molecule has 0 amide bonds. The molecule has 0 aromatic rings. The third-order valence-corrected chi connectivity index (χ3v) is 3.97. The predicted molar refractivity (Wildman–Crippen MR) is 69.7 cm³/mol. The molecular formula is C11H19O9P. The fourth-order valence-electron chi connectivity index (χ4n) is 1.51. The van der Waals surface area contributed by atoms with Gasteiger partial charge >= 0.3 is 25.5 Å². The third kappa shape index (κ3) is 7.79. The number of carbonyl (C=O) groups is 3. The Morgan fingerprint density at radius 3 is 2.10 bits per heavy atom. The van der Waals surface area contributed by atoms with E-state index >= 15 is 0 Å². The van der Waals surface area contributed by atoms with Gasteiger partial charge in [-0.3, -0.25) is 18.9 Å². The van der Waals surface area contributed by atoms with Crippen LogP contribution in [0.2, 0.25) is 0 Å². The lowest BCUT2D eigenvalue weighted by Crippen LogP contribution is -2.29. The van der Waals surface area contributed by atoms with Crippen molar-refractivity contribution in [3.63, 3.8) is 0 Å². The molecule has 0 spiro atoms. The molecule has 0 aliphatic carbocycles. The molecule has 0 aromatic carbocycles. The molecule has 10 heteroatoms. The second-order valence-electron chi connectivity index (χ2n) is 4.49. The lowest BCUT2D eigenvalue weighted by Gasteiger charge is -2.18. The van der Waals surface area contributed by atoms with Crippen LogP contribution < -0.4 is 0 Å². The van der Waals surface area contributed by atoms with Gasteiger partial charge in [0.15, 0.2) is 5.66 Å². The van der Waals surface area contributed by atoms with E-state index in [1.54, 1.807) is 0 Å². The number of esters is 1.